The Morgan fingerprint density at radius 3 is 2.44 bits per heavy atom. The molecule has 0 radical (unpaired) electrons. The minimum atomic E-state index is -0.476. The van der Waals surface area contributed by atoms with Crippen LogP contribution in [0.5, 0.6) is 5.75 Å². The van der Waals surface area contributed by atoms with Crippen LogP contribution in [0.4, 0.5) is 4.39 Å². The van der Waals surface area contributed by atoms with E-state index in [1.165, 1.54) is 12.1 Å². The molecule has 0 aliphatic rings. The summed E-state index contributed by atoms with van der Waals surface area (Å²) < 4.78 is 20.4. The van der Waals surface area contributed by atoms with Crippen LogP contribution in [0, 0.1) is 24.3 Å². The van der Waals surface area contributed by atoms with Crippen LogP contribution in [0.15, 0.2) is 42.5 Å². The van der Waals surface area contributed by atoms with Crippen molar-refractivity contribution in [2.45, 2.75) is 0 Å². The molecular weight excluding hydrogens is 344 g/mol. The molecule has 4 heteroatoms. The summed E-state index contributed by atoms with van der Waals surface area (Å²) in [6.45, 7) is 0. The molecular formula is C14H10FINO+. The van der Waals surface area contributed by atoms with Crippen molar-refractivity contribution in [2.75, 3.05) is 7.11 Å². The summed E-state index contributed by atoms with van der Waals surface area (Å²) in [5.74, 6) is 0.456. The predicted octanol–water partition coefficient (Wildman–Crippen LogP) is -0.166. The number of hydrogen-bond acceptors (Lipinski definition) is 2. The van der Waals surface area contributed by atoms with E-state index >= 15 is 0 Å². The molecule has 0 fully saturated rings. The van der Waals surface area contributed by atoms with Gasteiger partial charge in [-0.15, -0.1) is 0 Å². The van der Waals surface area contributed by atoms with Crippen LogP contribution in [0.2, 0.25) is 0 Å². The lowest BCUT2D eigenvalue weighted by Crippen LogP contribution is -3.61. The zero-order valence-corrected chi connectivity index (χ0v) is 11.8. The maximum Gasteiger partial charge on any atom is 0.358 e. The third-order valence-electron chi connectivity index (χ3n) is 2.26. The molecule has 0 aromatic heterocycles. The number of nitrogens with zero attached hydrogens (tertiary/aromatic N) is 1. The van der Waals surface area contributed by atoms with Gasteiger partial charge in [-0.3, -0.25) is 0 Å². The first-order valence-corrected chi connectivity index (χ1v) is 7.36. The Morgan fingerprint density at radius 1 is 1.11 bits per heavy atom. The third-order valence-corrected chi connectivity index (χ3v) is 4.85. The maximum atomic E-state index is 13.3. The molecule has 0 bridgehead atoms. The molecule has 2 aromatic rings. The van der Waals surface area contributed by atoms with Crippen molar-refractivity contribution in [3.63, 3.8) is 0 Å². The molecule has 2 aromatic carbocycles. The fourth-order valence-corrected chi connectivity index (χ4v) is 3.82. The molecule has 0 unspecified atom stereocenters. The second kappa shape index (κ2) is 5.83. The third kappa shape index (κ3) is 3.20. The van der Waals surface area contributed by atoms with E-state index in [0.29, 0.717) is 5.56 Å². The van der Waals surface area contributed by atoms with E-state index in [2.05, 4.69) is 0 Å². The number of nitriles is 1. The molecule has 90 valence electrons. The lowest BCUT2D eigenvalue weighted by molar-refractivity contribution is -0.597. The lowest BCUT2D eigenvalue weighted by atomic mass is 10.2. The molecule has 0 saturated carbocycles. The van der Waals surface area contributed by atoms with Gasteiger partial charge in [-0.2, -0.15) is 5.26 Å². The monoisotopic (exact) mass is 354 g/mol. The van der Waals surface area contributed by atoms with Gasteiger partial charge in [-0.25, -0.2) is 4.39 Å². The highest BCUT2D eigenvalue weighted by molar-refractivity contribution is 5.28. The zero-order valence-electron chi connectivity index (χ0n) is 9.65. The molecule has 0 aliphatic heterocycles. The number of hydrogen-bond donors (Lipinski definition) is 0. The number of benzene rings is 2. The van der Waals surface area contributed by atoms with E-state index in [1.807, 2.05) is 30.3 Å². The van der Waals surface area contributed by atoms with Gasteiger partial charge in [0.2, 0.25) is 0 Å². The average Bonchev–Trinajstić information content (AvgIpc) is 2.39. The van der Waals surface area contributed by atoms with Crippen molar-refractivity contribution < 1.29 is 30.3 Å². The van der Waals surface area contributed by atoms with Gasteiger partial charge in [0, 0.05) is 12.1 Å². The quantitative estimate of drug-likeness (QED) is 0.718. The first-order valence-electron chi connectivity index (χ1n) is 5.21. The molecule has 18 heavy (non-hydrogen) atoms. The highest BCUT2D eigenvalue weighted by Gasteiger charge is 2.17. The SMILES string of the molecule is COc1ccc([I+]c2cc(F)cc(C#N)c2)cc1. The highest BCUT2D eigenvalue weighted by Crippen LogP contribution is 2.06. The minimum Gasteiger partial charge on any atom is -0.497 e. The summed E-state index contributed by atoms with van der Waals surface area (Å²) in [5.41, 5.74) is 0.373. The van der Waals surface area contributed by atoms with Crippen molar-refractivity contribution in [2.24, 2.45) is 0 Å². The molecule has 0 saturated heterocycles. The summed E-state index contributed by atoms with van der Waals surface area (Å²) >= 11 is -0.476. The van der Waals surface area contributed by atoms with E-state index in [9.17, 15) is 4.39 Å². The molecule has 2 rings (SSSR count). The predicted molar refractivity (Wildman–Crippen MR) is 61.5 cm³/mol. The van der Waals surface area contributed by atoms with Crippen LogP contribution in [-0.2, 0) is 0 Å². The van der Waals surface area contributed by atoms with E-state index in [0.717, 1.165) is 12.9 Å². The van der Waals surface area contributed by atoms with E-state index < -0.39 is 21.2 Å². The molecule has 0 spiro atoms. The number of methoxy groups -OCH3 is 1. The molecule has 0 heterocycles. The van der Waals surface area contributed by atoms with E-state index in [4.69, 9.17) is 10.00 Å². The second-order valence-electron chi connectivity index (χ2n) is 3.52. The fraction of sp³-hybridized carbons (Fsp3) is 0.0714. The smallest absolute Gasteiger partial charge is 0.358 e. The fourth-order valence-electron chi connectivity index (χ4n) is 1.43. The Balaban J connectivity index is 2.22. The zero-order chi connectivity index (χ0) is 13.0. The summed E-state index contributed by atoms with van der Waals surface area (Å²) in [7, 11) is 1.62. The largest absolute Gasteiger partial charge is 0.497 e. The van der Waals surface area contributed by atoms with Crippen molar-refractivity contribution in [1.82, 2.24) is 0 Å². The second-order valence-corrected chi connectivity index (χ2v) is 6.55. The molecule has 0 atom stereocenters. The van der Waals surface area contributed by atoms with Gasteiger partial charge in [0.05, 0.1) is 18.7 Å². The van der Waals surface area contributed by atoms with Gasteiger partial charge in [-0.05, 0) is 30.3 Å². The summed E-state index contributed by atoms with van der Waals surface area (Å²) in [5, 5.41) is 8.80. The number of ether oxygens (including phenoxy) is 1. The van der Waals surface area contributed by atoms with Crippen LogP contribution in [0.1, 0.15) is 5.56 Å². The Morgan fingerprint density at radius 2 is 1.83 bits per heavy atom. The van der Waals surface area contributed by atoms with Crippen LogP contribution >= 0.6 is 0 Å². The molecule has 2 nitrogen and oxygen atoms in total. The number of halogens is 2. The summed E-state index contributed by atoms with van der Waals surface area (Å²) in [6, 6.07) is 14.2. The normalized spacial score (nSPS) is 9.83. The van der Waals surface area contributed by atoms with Gasteiger partial charge in [-0.1, -0.05) is 0 Å². The van der Waals surface area contributed by atoms with Crippen LogP contribution in [-0.4, -0.2) is 7.11 Å². The van der Waals surface area contributed by atoms with Gasteiger partial charge in [0.1, 0.15) is 11.6 Å². The van der Waals surface area contributed by atoms with Crippen molar-refractivity contribution in [3.05, 3.63) is 61.0 Å². The maximum absolute atomic E-state index is 13.3. The standard InChI is InChI=1S/C14H10FINO/c1-18-14-4-2-12(3-5-14)16-13-7-10(9-17)6-11(15)8-13/h2-8H,1H3/q+1. The molecule has 0 aliphatic carbocycles. The topological polar surface area (TPSA) is 33.0 Å². The summed E-state index contributed by atoms with van der Waals surface area (Å²) in [6.07, 6.45) is 0. The van der Waals surface area contributed by atoms with E-state index in [-0.39, 0.29) is 5.82 Å². The Labute approximate surface area is 115 Å². The van der Waals surface area contributed by atoms with Crippen LogP contribution < -0.4 is 25.9 Å². The van der Waals surface area contributed by atoms with Crippen LogP contribution in [0.25, 0.3) is 0 Å². The first kappa shape index (κ1) is 12.8. The average molecular weight is 354 g/mol. The van der Waals surface area contributed by atoms with Gasteiger partial charge in [0.15, 0.2) is 7.14 Å². The lowest BCUT2D eigenvalue weighted by Gasteiger charge is -1.96. The van der Waals surface area contributed by atoms with Gasteiger partial charge < -0.3 is 4.74 Å². The van der Waals surface area contributed by atoms with Crippen molar-refractivity contribution in [1.29, 1.82) is 5.26 Å². The Hall–Kier alpha value is -1.61. The minimum absolute atomic E-state index is 0.350. The Kier molecular flexibility index (Phi) is 4.15. The van der Waals surface area contributed by atoms with Crippen molar-refractivity contribution >= 4 is 0 Å². The van der Waals surface area contributed by atoms with E-state index in [1.54, 1.807) is 13.2 Å². The van der Waals surface area contributed by atoms with Crippen LogP contribution in [0.3, 0.4) is 0 Å². The highest BCUT2D eigenvalue weighted by atomic mass is 127. The number of rotatable bonds is 3. The van der Waals surface area contributed by atoms with Gasteiger partial charge in [0.25, 0.3) is 0 Å². The van der Waals surface area contributed by atoms with Crippen molar-refractivity contribution in [3.8, 4) is 11.8 Å². The first-order chi connectivity index (χ1) is 8.71. The Bertz CT molecular complexity index is 590. The summed E-state index contributed by atoms with van der Waals surface area (Å²) in [4.78, 5) is 0. The molecule has 0 amide bonds. The van der Waals surface area contributed by atoms with Gasteiger partial charge >= 0.3 is 21.2 Å². The molecule has 0 N–H and O–H groups in total.